The highest BCUT2D eigenvalue weighted by Crippen LogP contribution is 2.33. The molecule has 1 saturated heterocycles. The van der Waals surface area contributed by atoms with Crippen LogP contribution in [-0.2, 0) is 11.3 Å². The van der Waals surface area contributed by atoms with Crippen LogP contribution in [0.25, 0.3) is 5.69 Å². The lowest BCUT2D eigenvalue weighted by Crippen LogP contribution is -2.42. The van der Waals surface area contributed by atoms with Crippen LogP contribution in [0.15, 0.2) is 71.9 Å². The topological polar surface area (TPSA) is 63.5 Å². The number of hydrogen-bond donors (Lipinski definition) is 2. The largest absolute Gasteiger partial charge is 0.373 e. The summed E-state index contributed by atoms with van der Waals surface area (Å²) < 4.78 is 8.06. The number of guanidine groups is 1. The Balaban J connectivity index is 1.38. The Kier molecular flexibility index (Phi) is 7.56. The molecule has 0 aliphatic carbocycles. The first-order chi connectivity index (χ1) is 15.7. The van der Waals surface area contributed by atoms with Crippen LogP contribution in [0.5, 0.6) is 0 Å². The number of benzene rings is 2. The number of aryl methyl sites for hydroxylation is 1. The van der Waals surface area contributed by atoms with Crippen molar-refractivity contribution in [1.29, 1.82) is 0 Å². The molecule has 2 aromatic carbocycles. The van der Waals surface area contributed by atoms with Crippen molar-refractivity contribution in [2.45, 2.75) is 39.3 Å². The zero-order valence-electron chi connectivity index (χ0n) is 19.0. The van der Waals surface area contributed by atoms with Crippen molar-refractivity contribution in [3.05, 3.63) is 83.7 Å². The Morgan fingerprint density at radius 3 is 2.69 bits per heavy atom. The van der Waals surface area contributed by atoms with E-state index in [-0.39, 0.29) is 6.10 Å². The first-order valence-electron chi connectivity index (χ1n) is 11.5. The van der Waals surface area contributed by atoms with Crippen LogP contribution in [0.3, 0.4) is 0 Å². The van der Waals surface area contributed by atoms with Gasteiger partial charge in [0.15, 0.2) is 5.96 Å². The lowest BCUT2D eigenvalue weighted by Gasteiger charge is -2.32. The molecule has 6 nitrogen and oxygen atoms in total. The number of hydrogen-bond acceptors (Lipinski definition) is 3. The second kappa shape index (κ2) is 11.0. The van der Waals surface area contributed by atoms with E-state index in [0.29, 0.717) is 12.5 Å². The third-order valence-electron chi connectivity index (χ3n) is 5.79. The van der Waals surface area contributed by atoms with Gasteiger partial charge in [-0.25, -0.2) is 9.67 Å². The number of ether oxygens (including phenoxy) is 1. The van der Waals surface area contributed by atoms with Gasteiger partial charge in [0.25, 0.3) is 0 Å². The average Bonchev–Trinajstić information content (AvgIpc) is 3.31. The lowest BCUT2D eigenvalue weighted by atomic mass is 9.89. The third kappa shape index (κ3) is 5.77. The number of nitrogens with zero attached hydrogens (tertiary/aromatic N) is 3. The molecular weight excluding hydrogens is 398 g/mol. The van der Waals surface area contributed by atoms with Gasteiger partial charge in [0.1, 0.15) is 0 Å². The Bertz CT molecular complexity index is 997. The van der Waals surface area contributed by atoms with E-state index in [0.717, 1.165) is 49.9 Å². The normalized spacial score (nSPS) is 19.0. The summed E-state index contributed by atoms with van der Waals surface area (Å²) in [4.78, 5) is 4.76. The van der Waals surface area contributed by atoms with Gasteiger partial charge in [0.2, 0.25) is 0 Å². The highest BCUT2D eigenvalue weighted by molar-refractivity contribution is 5.79. The molecule has 168 valence electrons. The van der Waals surface area contributed by atoms with Gasteiger partial charge in [0, 0.05) is 31.8 Å². The van der Waals surface area contributed by atoms with E-state index in [1.165, 1.54) is 11.1 Å². The Morgan fingerprint density at radius 2 is 1.91 bits per heavy atom. The van der Waals surface area contributed by atoms with Crippen molar-refractivity contribution in [1.82, 2.24) is 20.4 Å². The summed E-state index contributed by atoms with van der Waals surface area (Å²) >= 11 is 0. The maximum Gasteiger partial charge on any atom is 0.191 e. The molecule has 6 heteroatoms. The Labute approximate surface area is 190 Å². The van der Waals surface area contributed by atoms with Crippen LogP contribution >= 0.6 is 0 Å². The van der Waals surface area contributed by atoms with E-state index in [9.17, 15) is 0 Å². The molecule has 0 amide bonds. The lowest BCUT2D eigenvalue weighted by molar-refractivity contribution is -0.0265. The van der Waals surface area contributed by atoms with Crippen LogP contribution in [-0.4, -0.2) is 35.4 Å². The minimum Gasteiger partial charge on any atom is -0.373 e. The van der Waals surface area contributed by atoms with Gasteiger partial charge >= 0.3 is 0 Å². The van der Waals surface area contributed by atoms with E-state index in [2.05, 4.69) is 53.8 Å². The fourth-order valence-electron chi connectivity index (χ4n) is 4.08. The molecule has 0 spiro atoms. The predicted molar refractivity (Wildman–Crippen MR) is 129 cm³/mol. The van der Waals surface area contributed by atoms with Gasteiger partial charge < -0.3 is 15.4 Å². The summed E-state index contributed by atoms with van der Waals surface area (Å²) in [5.74, 6) is 1.22. The molecule has 3 aromatic rings. The van der Waals surface area contributed by atoms with E-state index in [4.69, 9.17) is 9.73 Å². The first kappa shape index (κ1) is 22.1. The monoisotopic (exact) mass is 431 g/mol. The molecule has 0 radical (unpaired) electrons. The summed E-state index contributed by atoms with van der Waals surface area (Å²) in [5.41, 5.74) is 4.52. The van der Waals surface area contributed by atoms with E-state index in [1.807, 2.05) is 47.3 Å². The predicted octanol–water partition coefficient (Wildman–Crippen LogP) is 4.40. The maximum atomic E-state index is 6.17. The van der Waals surface area contributed by atoms with Crippen LogP contribution in [0.4, 0.5) is 0 Å². The van der Waals surface area contributed by atoms with E-state index < -0.39 is 0 Å². The molecule has 2 heterocycles. The fourth-order valence-corrected chi connectivity index (χ4v) is 4.08. The number of para-hydroxylation sites is 1. The zero-order chi connectivity index (χ0) is 22.2. The first-order valence-corrected chi connectivity index (χ1v) is 11.5. The molecular formula is C26H33N5O. The van der Waals surface area contributed by atoms with Gasteiger partial charge in [0.05, 0.1) is 24.0 Å². The second-order valence-corrected chi connectivity index (χ2v) is 8.27. The zero-order valence-corrected chi connectivity index (χ0v) is 19.0. The Hall–Kier alpha value is -3.12. The van der Waals surface area contributed by atoms with Crippen molar-refractivity contribution in [2.75, 3.05) is 19.7 Å². The number of rotatable bonds is 7. The second-order valence-electron chi connectivity index (χ2n) is 8.27. The highest BCUT2D eigenvalue weighted by Gasteiger charge is 2.27. The molecule has 0 bridgehead atoms. The molecule has 0 saturated carbocycles. The van der Waals surface area contributed by atoms with E-state index in [1.54, 1.807) is 0 Å². The molecule has 4 rings (SSSR count). The molecule has 1 fully saturated rings. The average molecular weight is 432 g/mol. The van der Waals surface area contributed by atoms with Gasteiger partial charge in [-0.3, -0.25) is 0 Å². The summed E-state index contributed by atoms with van der Waals surface area (Å²) in [6.45, 7) is 7.19. The number of aromatic nitrogens is 2. The van der Waals surface area contributed by atoms with Crippen LogP contribution in [0.1, 0.15) is 42.7 Å². The molecule has 32 heavy (non-hydrogen) atoms. The molecule has 1 aliphatic rings. The fraction of sp³-hybridized carbons (Fsp3) is 0.385. The quantitative estimate of drug-likeness (QED) is 0.430. The van der Waals surface area contributed by atoms with Crippen LogP contribution in [0.2, 0.25) is 0 Å². The molecule has 2 unspecified atom stereocenters. The van der Waals surface area contributed by atoms with Gasteiger partial charge in [-0.05, 0) is 50.5 Å². The smallest absolute Gasteiger partial charge is 0.191 e. The molecule has 2 atom stereocenters. The minimum atomic E-state index is 0.126. The van der Waals surface area contributed by atoms with Gasteiger partial charge in [-0.15, -0.1) is 0 Å². The molecule has 1 aliphatic heterocycles. The minimum absolute atomic E-state index is 0.126. The third-order valence-corrected chi connectivity index (χ3v) is 5.79. The number of nitrogens with one attached hydrogen (secondary N) is 2. The van der Waals surface area contributed by atoms with Crippen LogP contribution < -0.4 is 10.6 Å². The van der Waals surface area contributed by atoms with E-state index >= 15 is 0 Å². The summed E-state index contributed by atoms with van der Waals surface area (Å²) in [5, 5.41) is 11.5. The van der Waals surface area contributed by atoms with Crippen molar-refractivity contribution >= 4 is 5.96 Å². The van der Waals surface area contributed by atoms with Gasteiger partial charge in [-0.1, -0.05) is 48.0 Å². The summed E-state index contributed by atoms with van der Waals surface area (Å²) in [7, 11) is 0. The van der Waals surface area contributed by atoms with Crippen molar-refractivity contribution in [3.8, 4) is 5.69 Å². The number of aliphatic imine (C=N–C) groups is 1. The standard InChI is InChI=1S/C26H33N5O/c1-3-27-26(29-19-23-15-16-31(30-23)24-9-5-4-6-10-24)28-18-22-8-7-17-32-25(22)21-13-11-20(2)12-14-21/h4-6,9-16,22,25H,3,7-8,17-19H2,1-2H3,(H2,27,28,29). The molecule has 2 N–H and O–H groups in total. The molecule has 1 aromatic heterocycles. The van der Waals surface area contributed by atoms with Crippen LogP contribution in [0, 0.1) is 12.8 Å². The maximum absolute atomic E-state index is 6.17. The van der Waals surface area contributed by atoms with Crippen molar-refractivity contribution in [2.24, 2.45) is 10.9 Å². The van der Waals surface area contributed by atoms with Crippen molar-refractivity contribution in [3.63, 3.8) is 0 Å². The summed E-state index contributed by atoms with van der Waals surface area (Å²) in [6, 6.07) is 20.9. The van der Waals surface area contributed by atoms with Gasteiger partial charge in [-0.2, -0.15) is 5.10 Å². The Morgan fingerprint density at radius 1 is 1.09 bits per heavy atom. The van der Waals surface area contributed by atoms with Crippen molar-refractivity contribution < 1.29 is 4.74 Å². The SMILES string of the molecule is CCNC(=NCc1ccn(-c2ccccc2)n1)NCC1CCCOC1c1ccc(C)cc1. The highest BCUT2D eigenvalue weighted by atomic mass is 16.5. The summed E-state index contributed by atoms with van der Waals surface area (Å²) in [6.07, 6.45) is 4.35.